The van der Waals surface area contributed by atoms with Gasteiger partial charge in [0.15, 0.2) is 0 Å². The fourth-order valence-corrected chi connectivity index (χ4v) is 5.37. The van der Waals surface area contributed by atoms with Crippen molar-refractivity contribution < 1.29 is 18.0 Å². The third-order valence-electron chi connectivity index (χ3n) is 6.16. The molecular formula is C25H24N6O4S. The molecule has 1 aromatic heterocycles. The minimum atomic E-state index is -3.93. The van der Waals surface area contributed by atoms with Crippen molar-refractivity contribution in [2.75, 3.05) is 23.2 Å². The Hall–Kier alpha value is -4.25. The van der Waals surface area contributed by atoms with Crippen molar-refractivity contribution >= 4 is 33.6 Å². The Labute approximate surface area is 208 Å². The molecule has 2 N–H and O–H groups in total. The van der Waals surface area contributed by atoms with Crippen LogP contribution >= 0.6 is 0 Å². The fourth-order valence-electron chi connectivity index (χ4n) is 4.43. The third kappa shape index (κ3) is 4.17. The quantitative estimate of drug-likeness (QED) is 0.551. The number of benzene rings is 2. The summed E-state index contributed by atoms with van der Waals surface area (Å²) in [5.74, 6) is -0.251. The van der Waals surface area contributed by atoms with E-state index in [0.29, 0.717) is 28.3 Å². The lowest BCUT2D eigenvalue weighted by molar-refractivity contribution is -0.114. The van der Waals surface area contributed by atoms with E-state index >= 15 is 0 Å². The van der Waals surface area contributed by atoms with Gasteiger partial charge < -0.3 is 10.2 Å². The van der Waals surface area contributed by atoms with E-state index in [-0.39, 0.29) is 29.3 Å². The van der Waals surface area contributed by atoms with Crippen LogP contribution in [-0.2, 0) is 14.8 Å². The van der Waals surface area contributed by atoms with Crippen molar-refractivity contribution in [3.63, 3.8) is 0 Å². The number of rotatable bonds is 5. The maximum Gasteiger partial charge on any atom is 0.322 e. The van der Waals surface area contributed by atoms with Gasteiger partial charge in [-0.2, -0.15) is 0 Å². The van der Waals surface area contributed by atoms with E-state index in [1.807, 2.05) is 30.3 Å². The average molecular weight is 505 g/mol. The molecule has 3 aromatic rings. The topological polar surface area (TPSA) is 125 Å². The molecule has 184 valence electrons. The van der Waals surface area contributed by atoms with Crippen molar-refractivity contribution in [3.8, 4) is 0 Å². The first kappa shape index (κ1) is 23.5. The van der Waals surface area contributed by atoms with Crippen molar-refractivity contribution in [1.29, 1.82) is 0 Å². The molecule has 0 aliphatic carbocycles. The lowest BCUT2D eigenvalue weighted by Crippen LogP contribution is -2.45. The summed E-state index contributed by atoms with van der Waals surface area (Å²) < 4.78 is 28.1. The second-order valence-electron chi connectivity index (χ2n) is 8.68. The minimum absolute atomic E-state index is 0.00432. The Kier molecular flexibility index (Phi) is 5.71. The number of aromatic nitrogens is 2. The molecule has 11 heteroatoms. The molecule has 0 saturated heterocycles. The molecule has 0 radical (unpaired) electrons. The summed E-state index contributed by atoms with van der Waals surface area (Å²) in [5.41, 5.74) is 3.72. The summed E-state index contributed by atoms with van der Waals surface area (Å²) in [6, 6.07) is 16.2. The summed E-state index contributed by atoms with van der Waals surface area (Å²) in [6.45, 7) is 3.71. The highest BCUT2D eigenvalue weighted by Gasteiger charge is 2.43. The molecular weight excluding hydrogens is 480 g/mol. The fraction of sp³-hybridized carbons (Fsp3) is 0.200. The molecule has 0 fully saturated rings. The lowest BCUT2D eigenvalue weighted by atomic mass is 9.96. The number of amides is 3. The van der Waals surface area contributed by atoms with Gasteiger partial charge >= 0.3 is 6.03 Å². The van der Waals surface area contributed by atoms with Gasteiger partial charge in [0, 0.05) is 24.1 Å². The van der Waals surface area contributed by atoms with Gasteiger partial charge in [-0.05, 0) is 49.7 Å². The van der Waals surface area contributed by atoms with Crippen LogP contribution in [0.3, 0.4) is 0 Å². The SMILES string of the molecule is Cc1cc(C)nc(NS(=O)(=O)c2ccc(N3CC4=C(C3=O)C(c3ccccc3)NC(=O)N4C)cc2)n1. The molecule has 2 aromatic carbocycles. The van der Waals surface area contributed by atoms with Gasteiger partial charge in [0.25, 0.3) is 15.9 Å². The summed E-state index contributed by atoms with van der Waals surface area (Å²) in [5, 5.41) is 2.90. The van der Waals surface area contributed by atoms with Gasteiger partial charge in [0.1, 0.15) is 0 Å². The van der Waals surface area contributed by atoms with Crippen LogP contribution in [0.15, 0.2) is 76.8 Å². The van der Waals surface area contributed by atoms with E-state index in [9.17, 15) is 18.0 Å². The second-order valence-corrected chi connectivity index (χ2v) is 10.4. The van der Waals surface area contributed by atoms with Gasteiger partial charge in [-0.15, -0.1) is 0 Å². The Morgan fingerprint density at radius 2 is 1.61 bits per heavy atom. The molecule has 3 amide bonds. The van der Waals surface area contributed by atoms with Crippen LogP contribution in [0.2, 0.25) is 0 Å². The number of urea groups is 1. The molecule has 0 spiro atoms. The van der Waals surface area contributed by atoms with Crippen LogP contribution in [0.5, 0.6) is 0 Å². The standard InChI is InChI=1S/C25H24N6O4S/c1-15-13-16(2)27-24(26-15)29-36(34,35)19-11-9-18(10-12-19)31-14-20-21(23(31)32)22(28-25(33)30(20)3)17-7-5-4-6-8-17/h4-13,22H,14H2,1-3H3,(H,28,33)(H,26,27,29). The number of likely N-dealkylation sites (N-methyl/N-ethyl adjacent to an activating group) is 1. The maximum atomic E-state index is 13.5. The summed E-state index contributed by atoms with van der Waals surface area (Å²) in [7, 11) is -2.31. The Morgan fingerprint density at radius 3 is 2.25 bits per heavy atom. The second kappa shape index (κ2) is 8.76. The summed E-state index contributed by atoms with van der Waals surface area (Å²) >= 11 is 0. The van der Waals surface area contributed by atoms with Crippen LogP contribution in [0.1, 0.15) is 23.0 Å². The average Bonchev–Trinajstić information content (AvgIpc) is 3.18. The molecule has 36 heavy (non-hydrogen) atoms. The first-order valence-electron chi connectivity index (χ1n) is 11.2. The zero-order valence-corrected chi connectivity index (χ0v) is 20.7. The number of aryl methyl sites for hydroxylation is 2. The van der Waals surface area contributed by atoms with Crippen molar-refractivity contribution in [1.82, 2.24) is 20.2 Å². The third-order valence-corrected chi connectivity index (χ3v) is 7.50. The molecule has 0 saturated carbocycles. The molecule has 2 aliphatic rings. The highest BCUT2D eigenvalue weighted by Crippen LogP contribution is 2.37. The number of nitrogens with zero attached hydrogens (tertiary/aromatic N) is 4. The Bertz CT molecular complexity index is 1480. The number of hydrogen-bond acceptors (Lipinski definition) is 6. The van der Waals surface area contributed by atoms with Crippen molar-refractivity contribution in [2.24, 2.45) is 0 Å². The molecule has 10 nitrogen and oxygen atoms in total. The highest BCUT2D eigenvalue weighted by atomic mass is 32.2. The predicted octanol–water partition coefficient (Wildman–Crippen LogP) is 2.89. The number of hydrogen-bond donors (Lipinski definition) is 2. The van der Waals surface area contributed by atoms with E-state index < -0.39 is 16.1 Å². The van der Waals surface area contributed by atoms with Gasteiger partial charge in [-0.25, -0.2) is 27.9 Å². The van der Waals surface area contributed by atoms with E-state index in [4.69, 9.17) is 0 Å². The van der Waals surface area contributed by atoms with Gasteiger partial charge in [-0.1, -0.05) is 30.3 Å². The van der Waals surface area contributed by atoms with Gasteiger partial charge in [0.2, 0.25) is 5.95 Å². The van der Waals surface area contributed by atoms with E-state index in [2.05, 4.69) is 20.0 Å². The normalized spacial score (nSPS) is 17.8. The Balaban J connectivity index is 1.41. The smallest absolute Gasteiger partial charge is 0.322 e. The summed E-state index contributed by atoms with van der Waals surface area (Å²) in [4.78, 5) is 37.3. The number of nitrogens with one attached hydrogen (secondary N) is 2. The monoisotopic (exact) mass is 504 g/mol. The first-order chi connectivity index (χ1) is 17.1. The number of carbonyl (C=O) groups is 2. The van der Waals surface area contributed by atoms with Gasteiger partial charge in [-0.3, -0.25) is 9.69 Å². The van der Waals surface area contributed by atoms with E-state index in [1.165, 1.54) is 21.9 Å². The summed E-state index contributed by atoms with van der Waals surface area (Å²) in [6.07, 6.45) is 0. The molecule has 1 atom stereocenters. The number of sulfonamides is 1. The largest absolute Gasteiger partial charge is 0.327 e. The maximum absolute atomic E-state index is 13.5. The molecule has 5 rings (SSSR count). The lowest BCUT2D eigenvalue weighted by Gasteiger charge is -2.31. The van der Waals surface area contributed by atoms with Crippen LogP contribution in [0.25, 0.3) is 0 Å². The molecule has 3 heterocycles. The van der Waals surface area contributed by atoms with Crippen LogP contribution in [0.4, 0.5) is 16.4 Å². The Morgan fingerprint density at radius 1 is 0.972 bits per heavy atom. The predicted molar refractivity (Wildman–Crippen MR) is 134 cm³/mol. The minimum Gasteiger partial charge on any atom is -0.327 e. The highest BCUT2D eigenvalue weighted by molar-refractivity contribution is 7.92. The molecule has 1 unspecified atom stereocenters. The van der Waals surface area contributed by atoms with Crippen LogP contribution in [0, 0.1) is 13.8 Å². The van der Waals surface area contributed by atoms with Crippen molar-refractivity contribution in [3.05, 3.63) is 88.9 Å². The van der Waals surface area contributed by atoms with Crippen molar-refractivity contribution in [2.45, 2.75) is 24.8 Å². The van der Waals surface area contributed by atoms with Gasteiger partial charge in [0.05, 0.1) is 28.8 Å². The molecule has 2 aliphatic heterocycles. The van der Waals surface area contributed by atoms with E-state index in [0.717, 1.165) is 5.56 Å². The molecule has 0 bridgehead atoms. The number of carbonyl (C=O) groups excluding carboxylic acids is 2. The first-order valence-corrected chi connectivity index (χ1v) is 12.7. The van der Waals surface area contributed by atoms with Crippen LogP contribution < -0.4 is 14.9 Å². The number of anilines is 2. The van der Waals surface area contributed by atoms with E-state index in [1.54, 1.807) is 39.1 Å². The zero-order valence-electron chi connectivity index (χ0n) is 19.9. The van der Waals surface area contributed by atoms with Crippen LogP contribution in [-0.4, -0.2) is 48.8 Å². The zero-order chi connectivity index (χ0) is 25.6.